The van der Waals surface area contributed by atoms with Crippen LogP contribution in [0.4, 0.5) is 0 Å². The van der Waals surface area contributed by atoms with Gasteiger partial charge in [-0.25, -0.2) is 0 Å². The number of nitrogens with zero attached hydrogens (tertiary/aromatic N) is 3. The van der Waals surface area contributed by atoms with E-state index in [9.17, 15) is 14.4 Å². The molecule has 0 radical (unpaired) electrons. The van der Waals surface area contributed by atoms with E-state index >= 15 is 0 Å². The first-order valence-electron chi connectivity index (χ1n) is 10.1. The number of methoxy groups -OCH3 is 1. The number of nitriles is 1. The van der Waals surface area contributed by atoms with Gasteiger partial charge in [0.25, 0.3) is 11.8 Å². The maximum absolute atomic E-state index is 12.8. The summed E-state index contributed by atoms with van der Waals surface area (Å²) in [4.78, 5) is 41.9. The molecule has 3 rings (SSSR count). The molecular formula is C24H22N4O4S. The summed E-state index contributed by atoms with van der Waals surface area (Å²) in [7, 11) is 1.29. The molecule has 168 valence electrons. The van der Waals surface area contributed by atoms with E-state index in [0.29, 0.717) is 33.0 Å². The molecule has 1 N–H and O–H groups in total. The van der Waals surface area contributed by atoms with Gasteiger partial charge in [0.2, 0.25) is 0 Å². The van der Waals surface area contributed by atoms with Gasteiger partial charge < -0.3 is 14.6 Å². The number of amides is 2. The highest BCUT2D eigenvalue weighted by Gasteiger charge is 2.18. The second-order valence-corrected chi connectivity index (χ2v) is 8.04. The number of thiazole rings is 1. The smallest absolute Gasteiger partial charge is 0.307 e. The maximum Gasteiger partial charge on any atom is 0.307 e. The first-order chi connectivity index (χ1) is 15.9. The Kier molecular flexibility index (Phi) is 7.89. The quantitative estimate of drug-likeness (QED) is 0.543. The first-order valence-corrected chi connectivity index (χ1v) is 10.9. The Morgan fingerprint density at radius 1 is 1.12 bits per heavy atom. The fourth-order valence-corrected chi connectivity index (χ4v) is 4.08. The van der Waals surface area contributed by atoms with Crippen LogP contribution in [-0.2, 0) is 16.1 Å². The van der Waals surface area contributed by atoms with E-state index in [-0.39, 0.29) is 18.9 Å². The Balaban J connectivity index is 1.96. The van der Waals surface area contributed by atoms with Gasteiger partial charge in [-0.15, -0.1) is 0 Å². The highest BCUT2D eigenvalue weighted by molar-refractivity contribution is 7.11. The number of esters is 1. The highest BCUT2D eigenvalue weighted by Crippen LogP contribution is 2.15. The molecule has 1 heterocycles. The molecule has 1 aromatic heterocycles. The molecular weight excluding hydrogens is 440 g/mol. The molecule has 0 saturated heterocycles. The number of carbonyl (C=O) groups is 3. The van der Waals surface area contributed by atoms with Crippen LogP contribution in [0.25, 0.3) is 0 Å². The standard InChI is InChI=1S/C24H22N4O4S/c1-16-21(23(31)26-13-12-20(29)32-2)33-24(28(16)15-18-6-4-3-5-7-18)27-22(30)19-10-8-17(14-25)9-11-19/h3-11H,12-13,15H2,1-2H3,(H,26,31). The van der Waals surface area contributed by atoms with Crippen molar-refractivity contribution in [3.63, 3.8) is 0 Å². The van der Waals surface area contributed by atoms with Crippen LogP contribution in [0.5, 0.6) is 0 Å². The van der Waals surface area contributed by atoms with Gasteiger partial charge in [-0.2, -0.15) is 10.3 Å². The van der Waals surface area contributed by atoms with Crippen LogP contribution in [0, 0.1) is 18.3 Å². The molecule has 8 nitrogen and oxygen atoms in total. The number of carbonyl (C=O) groups excluding carboxylic acids is 3. The molecule has 0 bridgehead atoms. The number of aromatic nitrogens is 1. The number of rotatable bonds is 7. The maximum atomic E-state index is 12.8. The molecule has 0 fully saturated rings. The van der Waals surface area contributed by atoms with Gasteiger partial charge in [0.05, 0.1) is 31.7 Å². The zero-order chi connectivity index (χ0) is 23.8. The van der Waals surface area contributed by atoms with E-state index in [1.807, 2.05) is 41.0 Å². The van der Waals surface area contributed by atoms with Gasteiger partial charge in [0.15, 0.2) is 4.80 Å². The van der Waals surface area contributed by atoms with Crippen molar-refractivity contribution in [2.75, 3.05) is 13.7 Å². The first kappa shape index (κ1) is 23.6. The van der Waals surface area contributed by atoms with Crippen molar-refractivity contribution in [1.82, 2.24) is 9.88 Å². The van der Waals surface area contributed by atoms with E-state index in [1.165, 1.54) is 7.11 Å². The lowest BCUT2D eigenvalue weighted by atomic mass is 10.1. The van der Waals surface area contributed by atoms with Gasteiger partial charge >= 0.3 is 5.97 Å². The van der Waals surface area contributed by atoms with Crippen molar-refractivity contribution in [3.8, 4) is 6.07 Å². The van der Waals surface area contributed by atoms with Crippen LogP contribution in [0.1, 0.15) is 43.3 Å². The summed E-state index contributed by atoms with van der Waals surface area (Å²) in [5, 5.41) is 11.7. The minimum atomic E-state index is -0.472. The van der Waals surface area contributed by atoms with Crippen molar-refractivity contribution in [3.05, 3.63) is 86.7 Å². The van der Waals surface area contributed by atoms with Crippen LogP contribution in [0.2, 0.25) is 0 Å². The molecule has 2 amide bonds. The van der Waals surface area contributed by atoms with Gasteiger partial charge in [-0.05, 0) is 36.8 Å². The minimum absolute atomic E-state index is 0.0606. The summed E-state index contributed by atoms with van der Waals surface area (Å²) in [6, 6.07) is 17.9. The highest BCUT2D eigenvalue weighted by atomic mass is 32.1. The third-order valence-corrected chi connectivity index (χ3v) is 6.03. The second-order valence-electron chi connectivity index (χ2n) is 7.06. The van der Waals surface area contributed by atoms with E-state index in [4.69, 9.17) is 5.26 Å². The van der Waals surface area contributed by atoms with E-state index in [0.717, 1.165) is 16.9 Å². The SMILES string of the molecule is COC(=O)CCNC(=O)c1sc(=NC(=O)c2ccc(C#N)cc2)n(Cc2ccccc2)c1C. The van der Waals surface area contributed by atoms with E-state index in [2.05, 4.69) is 15.0 Å². The van der Waals surface area contributed by atoms with Gasteiger partial charge in [-0.3, -0.25) is 14.4 Å². The number of ether oxygens (including phenoxy) is 1. The molecule has 9 heteroatoms. The Hall–Kier alpha value is -4.03. The number of hydrogen-bond donors (Lipinski definition) is 1. The molecule has 0 aliphatic rings. The number of nitrogens with one attached hydrogen (secondary N) is 1. The Bertz CT molecular complexity index is 1270. The molecule has 2 aromatic carbocycles. The fraction of sp³-hybridized carbons (Fsp3) is 0.208. The second kappa shape index (κ2) is 11.0. The molecule has 0 saturated carbocycles. The lowest BCUT2D eigenvalue weighted by Gasteiger charge is -2.08. The fourth-order valence-electron chi connectivity index (χ4n) is 3.03. The summed E-state index contributed by atoms with van der Waals surface area (Å²) < 4.78 is 6.41. The summed E-state index contributed by atoms with van der Waals surface area (Å²) in [5.74, 6) is -1.24. The summed E-state index contributed by atoms with van der Waals surface area (Å²) in [5.41, 5.74) is 2.44. The van der Waals surface area contributed by atoms with Gasteiger partial charge in [0.1, 0.15) is 4.88 Å². The molecule has 0 atom stereocenters. The van der Waals surface area contributed by atoms with Crippen LogP contribution in [-0.4, -0.2) is 36.0 Å². The van der Waals surface area contributed by atoms with E-state index in [1.54, 1.807) is 31.2 Å². The molecule has 3 aromatic rings. The Morgan fingerprint density at radius 2 is 1.82 bits per heavy atom. The van der Waals surface area contributed by atoms with Crippen molar-refractivity contribution in [1.29, 1.82) is 5.26 Å². The Labute approximate surface area is 194 Å². The average molecular weight is 463 g/mol. The van der Waals surface area contributed by atoms with Gasteiger partial charge in [-0.1, -0.05) is 41.7 Å². The summed E-state index contributed by atoms with van der Waals surface area (Å²) >= 11 is 1.10. The molecule has 0 unspecified atom stereocenters. The Morgan fingerprint density at radius 3 is 2.45 bits per heavy atom. The normalized spacial score (nSPS) is 11.0. The lowest BCUT2D eigenvalue weighted by molar-refractivity contribution is -0.140. The number of hydrogen-bond acceptors (Lipinski definition) is 6. The number of benzene rings is 2. The molecule has 33 heavy (non-hydrogen) atoms. The van der Waals surface area contributed by atoms with Gasteiger partial charge in [0, 0.05) is 17.8 Å². The lowest BCUT2D eigenvalue weighted by Crippen LogP contribution is -2.26. The summed E-state index contributed by atoms with van der Waals surface area (Å²) in [6.07, 6.45) is 0.0606. The van der Waals surface area contributed by atoms with Crippen LogP contribution in [0.3, 0.4) is 0 Å². The van der Waals surface area contributed by atoms with Crippen molar-refractivity contribution in [2.24, 2.45) is 4.99 Å². The monoisotopic (exact) mass is 462 g/mol. The molecule has 0 spiro atoms. The van der Waals surface area contributed by atoms with Crippen molar-refractivity contribution >= 4 is 29.1 Å². The summed E-state index contributed by atoms with van der Waals surface area (Å²) in [6.45, 7) is 2.36. The van der Waals surface area contributed by atoms with E-state index < -0.39 is 11.9 Å². The predicted octanol–water partition coefficient (Wildman–Crippen LogP) is 2.81. The third kappa shape index (κ3) is 6.02. The molecule has 0 aliphatic heterocycles. The average Bonchev–Trinajstić information content (AvgIpc) is 3.14. The molecule has 0 aliphatic carbocycles. The minimum Gasteiger partial charge on any atom is -0.469 e. The van der Waals surface area contributed by atoms with Crippen LogP contribution < -0.4 is 10.1 Å². The largest absolute Gasteiger partial charge is 0.469 e. The van der Waals surface area contributed by atoms with Crippen molar-refractivity contribution in [2.45, 2.75) is 19.9 Å². The third-order valence-electron chi connectivity index (χ3n) is 4.85. The van der Waals surface area contributed by atoms with Crippen LogP contribution >= 0.6 is 11.3 Å². The topological polar surface area (TPSA) is 114 Å². The zero-order valence-corrected chi connectivity index (χ0v) is 19.0. The van der Waals surface area contributed by atoms with Crippen molar-refractivity contribution < 1.29 is 19.1 Å². The zero-order valence-electron chi connectivity index (χ0n) is 18.2. The van der Waals surface area contributed by atoms with Crippen LogP contribution in [0.15, 0.2) is 59.6 Å². The predicted molar refractivity (Wildman–Crippen MR) is 123 cm³/mol.